The Morgan fingerprint density at radius 3 is 2.52 bits per heavy atom. The standard InChI is InChI=1S/C16H18ClN3O/c1-21-15(13-9-5-6-10-14(13)17)11-19-16(18)20-12-7-3-2-4-8-12/h2-10,15H,11H2,1H3,(H3,18,19,20). The number of hydrogen-bond donors (Lipinski definition) is 2. The average Bonchev–Trinajstić information content (AvgIpc) is 2.50. The molecule has 0 aliphatic heterocycles. The van der Waals surface area contributed by atoms with Gasteiger partial charge in [0.1, 0.15) is 6.10 Å². The van der Waals surface area contributed by atoms with Gasteiger partial charge in [-0.3, -0.25) is 4.99 Å². The number of nitrogens with one attached hydrogen (secondary N) is 1. The molecular weight excluding hydrogens is 286 g/mol. The number of aliphatic imine (C=N–C) groups is 1. The van der Waals surface area contributed by atoms with Crippen LogP contribution < -0.4 is 11.1 Å². The minimum absolute atomic E-state index is 0.227. The maximum atomic E-state index is 6.17. The number of nitrogens with two attached hydrogens (primary N) is 1. The van der Waals surface area contributed by atoms with E-state index in [1.54, 1.807) is 7.11 Å². The minimum Gasteiger partial charge on any atom is -0.375 e. The molecule has 5 heteroatoms. The van der Waals surface area contributed by atoms with Crippen molar-refractivity contribution in [2.24, 2.45) is 10.7 Å². The summed E-state index contributed by atoms with van der Waals surface area (Å²) in [5, 5.41) is 3.69. The first-order chi connectivity index (χ1) is 10.2. The molecule has 0 aliphatic carbocycles. The number of guanidine groups is 1. The third kappa shape index (κ3) is 4.48. The number of methoxy groups -OCH3 is 1. The van der Waals surface area contributed by atoms with Crippen LogP contribution in [0, 0.1) is 0 Å². The smallest absolute Gasteiger partial charge is 0.193 e. The molecule has 2 aromatic rings. The zero-order chi connectivity index (χ0) is 15.1. The number of benzene rings is 2. The molecule has 0 radical (unpaired) electrons. The Bertz CT molecular complexity index is 601. The Labute approximate surface area is 129 Å². The molecule has 0 spiro atoms. The maximum Gasteiger partial charge on any atom is 0.193 e. The van der Waals surface area contributed by atoms with Crippen molar-refractivity contribution in [2.75, 3.05) is 19.0 Å². The maximum absolute atomic E-state index is 6.17. The lowest BCUT2D eigenvalue weighted by atomic mass is 10.1. The number of anilines is 1. The molecule has 2 rings (SSSR count). The van der Waals surface area contributed by atoms with Crippen molar-refractivity contribution in [2.45, 2.75) is 6.10 Å². The number of halogens is 1. The number of para-hydroxylation sites is 1. The summed E-state index contributed by atoms with van der Waals surface area (Å²) in [6, 6.07) is 17.2. The predicted octanol–water partition coefficient (Wildman–Crippen LogP) is 3.45. The van der Waals surface area contributed by atoms with Crippen LogP contribution in [0.3, 0.4) is 0 Å². The monoisotopic (exact) mass is 303 g/mol. The number of rotatable bonds is 5. The normalized spacial score (nSPS) is 13.0. The lowest BCUT2D eigenvalue weighted by molar-refractivity contribution is 0.111. The van der Waals surface area contributed by atoms with Crippen molar-refractivity contribution in [1.82, 2.24) is 0 Å². The van der Waals surface area contributed by atoms with Crippen LogP contribution in [0.2, 0.25) is 5.02 Å². The van der Waals surface area contributed by atoms with E-state index in [1.807, 2.05) is 54.6 Å². The topological polar surface area (TPSA) is 59.6 Å². The van der Waals surface area contributed by atoms with Crippen molar-refractivity contribution < 1.29 is 4.74 Å². The molecule has 0 bridgehead atoms. The van der Waals surface area contributed by atoms with Crippen LogP contribution in [-0.2, 0) is 4.74 Å². The highest BCUT2D eigenvalue weighted by atomic mass is 35.5. The number of hydrogen-bond acceptors (Lipinski definition) is 2. The van der Waals surface area contributed by atoms with Gasteiger partial charge in [-0.25, -0.2) is 0 Å². The SMILES string of the molecule is COC(CN=C(N)Nc1ccccc1)c1ccccc1Cl. The van der Waals surface area contributed by atoms with Crippen LogP contribution in [0.4, 0.5) is 5.69 Å². The summed E-state index contributed by atoms with van der Waals surface area (Å²) < 4.78 is 5.44. The van der Waals surface area contributed by atoms with Crippen molar-refractivity contribution >= 4 is 23.2 Å². The van der Waals surface area contributed by atoms with E-state index in [-0.39, 0.29) is 6.10 Å². The molecule has 0 aromatic heterocycles. The molecule has 4 nitrogen and oxygen atoms in total. The zero-order valence-electron chi connectivity index (χ0n) is 11.8. The summed E-state index contributed by atoms with van der Waals surface area (Å²) in [5.41, 5.74) is 7.67. The van der Waals surface area contributed by atoms with E-state index in [2.05, 4.69) is 10.3 Å². The van der Waals surface area contributed by atoms with E-state index in [1.165, 1.54) is 0 Å². The van der Waals surface area contributed by atoms with Gasteiger partial charge in [0.2, 0.25) is 0 Å². The van der Waals surface area contributed by atoms with Crippen molar-refractivity contribution in [1.29, 1.82) is 0 Å². The first kappa shape index (κ1) is 15.4. The fourth-order valence-electron chi connectivity index (χ4n) is 1.93. The van der Waals surface area contributed by atoms with E-state index < -0.39 is 0 Å². The van der Waals surface area contributed by atoms with Gasteiger partial charge in [0.05, 0.1) is 6.54 Å². The summed E-state index contributed by atoms with van der Waals surface area (Å²) in [6.45, 7) is 0.395. The van der Waals surface area contributed by atoms with Gasteiger partial charge in [0, 0.05) is 23.4 Å². The molecule has 0 aliphatic rings. The van der Waals surface area contributed by atoms with Gasteiger partial charge < -0.3 is 15.8 Å². The molecule has 110 valence electrons. The van der Waals surface area contributed by atoms with Gasteiger partial charge >= 0.3 is 0 Å². The Morgan fingerprint density at radius 2 is 1.86 bits per heavy atom. The Kier molecular flexibility index (Phi) is 5.60. The van der Waals surface area contributed by atoms with Crippen LogP contribution in [0.15, 0.2) is 59.6 Å². The molecule has 0 saturated heterocycles. The van der Waals surface area contributed by atoms with E-state index in [0.717, 1.165) is 11.3 Å². The third-order valence-electron chi connectivity index (χ3n) is 3.01. The first-order valence-electron chi connectivity index (χ1n) is 6.60. The largest absolute Gasteiger partial charge is 0.375 e. The average molecular weight is 304 g/mol. The fourth-order valence-corrected chi connectivity index (χ4v) is 2.18. The second-order valence-corrected chi connectivity index (χ2v) is 4.87. The molecular formula is C16H18ClN3O. The lowest BCUT2D eigenvalue weighted by Crippen LogP contribution is -2.23. The van der Waals surface area contributed by atoms with E-state index in [9.17, 15) is 0 Å². The Morgan fingerprint density at radius 1 is 1.19 bits per heavy atom. The van der Waals surface area contributed by atoms with Crippen molar-refractivity contribution in [3.63, 3.8) is 0 Å². The van der Waals surface area contributed by atoms with Crippen LogP contribution in [-0.4, -0.2) is 19.6 Å². The second-order valence-electron chi connectivity index (χ2n) is 4.46. The summed E-state index contributed by atoms with van der Waals surface area (Å²) in [7, 11) is 1.63. The van der Waals surface area contributed by atoms with Crippen LogP contribution in [0.1, 0.15) is 11.7 Å². The van der Waals surface area contributed by atoms with Crippen LogP contribution >= 0.6 is 11.6 Å². The molecule has 2 aromatic carbocycles. The molecule has 0 amide bonds. The molecule has 0 fully saturated rings. The van der Waals surface area contributed by atoms with Crippen LogP contribution in [0.5, 0.6) is 0 Å². The van der Waals surface area contributed by atoms with Gasteiger partial charge in [-0.2, -0.15) is 0 Å². The van der Waals surface area contributed by atoms with E-state index in [4.69, 9.17) is 22.1 Å². The molecule has 1 atom stereocenters. The molecule has 21 heavy (non-hydrogen) atoms. The summed E-state index contributed by atoms with van der Waals surface area (Å²) >= 11 is 6.17. The van der Waals surface area contributed by atoms with Gasteiger partial charge in [-0.15, -0.1) is 0 Å². The highest BCUT2D eigenvalue weighted by molar-refractivity contribution is 6.31. The Hall–Kier alpha value is -2.04. The molecule has 3 N–H and O–H groups in total. The molecule has 0 saturated carbocycles. The van der Waals surface area contributed by atoms with E-state index in [0.29, 0.717) is 17.5 Å². The summed E-state index contributed by atoms with van der Waals surface area (Å²) in [6.07, 6.45) is -0.227. The Balaban J connectivity index is 2.02. The quantitative estimate of drug-likeness (QED) is 0.657. The highest BCUT2D eigenvalue weighted by Gasteiger charge is 2.13. The van der Waals surface area contributed by atoms with Gasteiger partial charge in [0.15, 0.2) is 5.96 Å². The summed E-state index contributed by atoms with van der Waals surface area (Å²) in [5.74, 6) is 0.343. The minimum atomic E-state index is -0.227. The predicted molar refractivity (Wildman–Crippen MR) is 87.8 cm³/mol. The van der Waals surface area contributed by atoms with Crippen LogP contribution in [0.25, 0.3) is 0 Å². The van der Waals surface area contributed by atoms with Gasteiger partial charge in [0.25, 0.3) is 0 Å². The fraction of sp³-hybridized carbons (Fsp3) is 0.188. The summed E-state index contributed by atoms with van der Waals surface area (Å²) in [4.78, 5) is 4.31. The lowest BCUT2D eigenvalue weighted by Gasteiger charge is -2.15. The van der Waals surface area contributed by atoms with Crippen molar-refractivity contribution in [3.8, 4) is 0 Å². The van der Waals surface area contributed by atoms with Crippen molar-refractivity contribution in [3.05, 3.63) is 65.2 Å². The first-order valence-corrected chi connectivity index (χ1v) is 6.97. The van der Waals surface area contributed by atoms with Gasteiger partial charge in [-0.05, 0) is 18.2 Å². The van der Waals surface area contributed by atoms with Gasteiger partial charge in [-0.1, -0.05) is 48.0 Å². The number of ether oxygens (including phenoxy) is 1. The zero-order valence-corrected chi connectivity index (χ0v) is 12.5. The molecule has 1 unspecified atom stereocenters. The second kappa shape index (κ2) is 7.67. The van der Waals surface area contributed by atoms with E-state index >= 15 is 0 Å². The number of nitrogens with zero attached hydrogens (tertiary/aromatic N) is 1. The highest BCUT2D eigenvalue weighted by Crippen LogP contribution is 2.25. The third-order valence-corrected chi connectivity index (χ3v) is 3.35. The molecule has 0 heterocycles.